The molecule has 4 aromatic rings. The molecule has 3 aromatic heterocycles. The van der Waals surface area contributed by atoms with E-state index in [4.69, 9.17) is 11.6 Å². The van der Waals surface area contributed by atoms with Gasteiger partial charge in [0.1, 0.15) is 5.69 Å². The second-order valence-corrected chi connectivity index (χ2v) is 8.20. The summed E-state index contributed by atoms with van der Waals surface area (Å²) in [6.07, 6.45) is 1.42. The zero-order chi connectivity index (χ0) is 20.2. The van der Waals surface area contributed by atoms with Crippen molar-refractivity contribution in [3.63, 3.8) is 0 Å². The highest BCUT2D eigenvalue weighted by molar-refractivity contribution is 7.22. The lowest BCUT2D eigenvalue weighted by atomic mass is 10.0. The van der Waals surface area contributed by atoms with E-state index >= 15 is 0 Å². The van der Waals surface area contributed by atoms with Crippen LogP contribution in [0.1, 0.15) is 29.0 Å². The molecule has 4 rings (SSSR count). The second kappa shape index (κ2) is 6.72. The van der Waals surface area contributed by atoms with Crippen LogP contribution in [0.25, 0.3) is 21.0 Å². The Kier molecular flexibility index (Phi) is 4.47. The molecule has 0 radical (unpaired) electrons. The van der Waals surface area contributed by atoms with Crippen LogP contribution in [0.5, 0.6) is 0 Å². The van der Waals surface area contributed by atoms with Crippen molar-refractivity contribution in [1.82, 2.24) is 14.9 Å². The smallest absolute Gasteiger partial charge is 0.270 e. The van der Waals surface area contributed by atoms with Crippen molar-refractivity contribution in [2.24, 2.45) is 0 Å². The molecular formula is C19H14ClF2N3O2S. The van der Waals surface area contributed by atoms with E-state index in [1.165, 1.54) is 22.4 Å². The Hall–Kier alpha value is -2.71. The third-order valence-corrected chi connectivity index (χ3v) is 6.04. The van der Waals surface area contributed by atoms with Gasteiger partial charge < -0.3 is 14.9 Å². The molecule has 28 heavy (non-hydrogen) atoms. The SMILES string of the molecule is C[C@@H](c1c[nH]c(=O)c2cc(F)c(F)cc12)N(C)C(=O)c1cc2sc(Cl)cc2[nH]1. The van der Waals surface area contributed by atoms with Crippen LogP contribution < -0.4 is 5.56 Å². The molecule has 0 aliphatic rings. The zero-order valence-corrected chi connectivity index (χ0v) is 16.3. The summed E-state index contributed by atoms with van der Waals surface area (Å²) in [5.41, 5.74) is 1.13. The van der Waals surface area contributed by atoms with Gasteiger partial charge in [0.05, 0.1) is 26.0 Å². The maximum Gasteiger partial charge on any atom is 0.270 e. The van der Waals surface area contributed by atoms with E-state index in [9.17, 15) is 18.4 Å². The largest absolute Gasteiger partial charge is 0.350 e. The van der Waals surface area contributed by atoms with Crippen molar-refractivity contribution in [2.45, 2.75) is 13.0 Å². The Labute approximate surface area is 166 Å². The van der Waals surface area contributed by atoms with Crippen LogP contribution in [0, 0.1) is 11.6 Å². The summed E-state index contributed by atoms with van der Waals surface area (Å²) in [5.74, 6) is -2.44. The minimum absolute atomic E-state index is 0.0270. The number of pyridine rings is 1. The van der Waals surface area contributed by atoms with Gasteiger partial charge in [0.15, 0.2) is 11.6 Å². The number of carbonyl (C=O) groups is 1. The van der Waals surface area contributed by atoms with Gasteiger partial charge in [-0.1, -0.05) is 11.6 Å². The molecule has 0 saturated heterocycles. The summed E-state index contributed by atoms with van der Waals surface area (Å²) >= 11 is 7.32. The Bertz CT molecular complexity index is 1260. The number of benzene rings is 1. The summed E-state index contributed by atoms with van der Waals surface area (Å²) in [4.78, 5) is 31.9. The van der Waals surface area contributed by atoms with Gasteiger partial charge in [-0.3, -0.25) is 9.59 Å². The van der Waals surface area contributed by atoms with Gasteiger partial charge in [0, 0.05) is 13.2 Å². The number of fused-ring (bicyclic) bond motifs is 2. The Morgan fingerprint density at radius 3 is 2.54 bits per heavy atom. The fourth-order valence-corrected chi connectivity index (χ4v) is 4.34. The molecule has 0 unspecified atom stereocenters. The predicted octanol–water partition coefficient (Wildman–Crippen LogP) is 4.84. The molecule has 1 atom stereocenters. The average molecular weight is 422 g/mol. The number of H-pyrrole nitrogens is 2. The molecule has 0 bridgehead atoms. The molecule has 1 aromatic carbocycles. The van der Waals surface area contributed by atoms with Gasteiger partial charge in [0.25, 0.3) is 11.5 Å². The molecule has 0 spiro atoms. The first-order valence-electron chi connectivity index (χ1n) is 8.32. The highest BCUT2D eigenvalue weighted by Crippen LogP contribution is 2.31. The van der Waals surface area contributed by atoms with Crippen LogP contribution in [0.3, 0.4) is 0 Å². The maximum atomic E-state index is 13.8. The van der Waals surface area contributed by atoms with Crippen LogP contribution in [0.4, 0.5) is 8.78 Å². The maximum absolute atomic E-state index is 13.8. The fraction of sp³-hybridized carbons (Fsp3) is 0.158. The highest BCUT2D eigenvalue weighted by Gasteiger charge is 2.23. The molecule has 0 aliphatic heterocycles. The van der Waals surface area contributed by atoms with Crippen LogP contribution in [0.2, 0.25) is 4.34 Å². The van der Waals surface area contributed by atoms with E-state index in [2.05, 4.69) is 9.97 Å². The first kappa shape index (κ1) is 18.6. The van der Waals surface area contributed by atoms with Gasteiger partial charge in [-0.25, -0.2) is 8.78 Å². The standard InChI is InChI=1S/C19H14ClF2N3O2S/c1-8(11-7-23-18(26)10-4-13(22)12(21)3-9(10)11)25(2)19(27)15-5-16-14(24-15)6-17(20)28-16/h3-8,24H,1-2H3,(H,23,26)/t8-/m0/s1. The lowest BCUT2D eigenvalue weighted by Gasteiger charge is -2.25. The minimum Gasteiger partial charge on any atom is -0.350 e. The summed E-state index contributed by atoms with van der Waals surface area (Å²) in [6.45, 7) is 1.74. The van der Waals surface area contributed by atoms with Crippen molar-refractivity contribution >= 4 is 49.8 Å². The molecule has 1 amide bonds. The fourth-order valence-electron chi connectivity index (χ4n) is 3.20. The van der Waals surface area contributed by atoms with E-state index < -0.39 is 23.2 Å². The van der Waals surface area contributed by atoms with Crippen LogP contribution in [0.15, 0.2) is 35.3 Å². The topological polar surface area (TPSA) is 69.0 Å². The van der Waals surface area contributed by atoms with Crippen LogP contribution in [-0.2, 0) is 0 Å². The number of halogens is 3. The van der Waals surface area contributed by atoms with Crippen LogP contribution >= 0.6 is 22.9 Å². The molecule has 9 heteroatoms. The number of amides is 1. The molecule has 144 valence electrons. The van der Waals surface area contributed by atoms with Gasteiger partial charge in [-0.15, -0.1) is 11.3 Å². The third-order valence-electron chi connectivity index (χ3n) is 4.83. The molecule has 0 saturated carbocycles. The number of nitrogens with one attached hydrogen (secondary N) is 2. The quantitative estimate of drug-likeness (QED) is 0.497. The van der Waals surface area contributed by atoms with E-state index in [-0.39, 0.29) is 16.7 Å². The number of hydrogen-bond acceptors (Lipinski definition) is 3. The monoisotopic (exact) mass is 421 g/mol. The Morgan fingerprint density at radius 1 is 1.18 bits per heavy atom. The first-order chi connectivity index (χ1) is 13.3. The lowest BCUT2D eigenvalue weighted by molar-refractivity contribution is 0.0738. The Balaban J connectivity index is 1.73. The first-order valence-corrected chi connectivity index (χ1v) is 9.51. The predicted molar refractivity (Wildman–Crippen MR) is 106 cm³/mol. The summed E-state index contributed by atoms with van der Waals surface area (Å²) in [6, 6.07) is 4.80. The van der Waals surface area contributed by atoms with Gasteiger partial charge in [-0.05, 0) is 42.1 Å². The average Bonchev–Trinajstić information content (AvgIpc) is 3.19. The number of aromatic amines is 2. The normalized spacial score (nSPS) is 12.6. The summed E-state index contributed by atoms with van der Waals surface area (Å²) in [7, 11) is 1.60. The van der Waals surface area contributed by atoms with E-state index in [1.807, 2.05) is 0 Å². The Morgan fingerprint density at radius 2 is 1.86 bits per heavy atom. The van der Waals surface area contributed by atoms with Gasteiger partial charge in [0.2, 0.25) is 0 Å². The number of hydrogen-bond donors (Lipinski definition) is 2. The van der Waals surface area contributed by atoms with E-state index in [1.54, 1.807) is 26.1 Å². The van der Waals surface area contributed by atoms with Crippen LogP contribution in [-0.4, -0.2) is 27.8 Å². The summed E-state index contributed by atoms with van der Waals surface area (Å²) in [5, 5.41) is 0.285. The molecular weight excluding hydrogens is 408 g/mol. The highest BCUT2D eigenvalue weighted by atomic mass is 35.5. The van der Waals surface area contributed by atoms with Crippen molar-refractivity contribution in [2.75, 3.05) is 7.05 Å². The van der Waals surface area contributed by atoms with Crippen molar-refractivity contribution < 1.29 is 13.6 Å². The number of rotatable bonds is 3. The number of carbonyl (C=O) groups excluding carboxylic acids is 1. The summed E-state index contributed by atoms with van der Waals surface area (Å²) < 4.78 is 28.8. The van der Waals surface area contributed by atoms with Gasteiger partial charge >= 0.3 is 0 Å². The second-order valence-electron chi connectivity index (χ2n) is 6.49. The number of nitrogens with zero attached hydrogens (tertiary/aromatic N) is 1. The van der Waals surface area contributed by atoms with E-state index in [0.29, 0.717) is 15.6 Å². The van der Waals surface area contributed by atoms with Gasteiger partial charge in [-0.2, -0.15) is 0 Å². The number of aromatic nitrogens is 2. The van der Waals surface area contributed by atoms with Crippen molar-refractivity contribution in [3.05, 3.63) is 68.0 Å². The van der Waals surface area contributed by atoms with E-state index in [0.717, 1.165) is 22.3 Å². The van der Waals surface area contributed by atoms with Crippen molar-refractivity contribution in [3.8, 4) is 0 Å². The zero-order valence-electron chi connectivity index (χ0n) is 14.8. The molecule has 5 nitrogen and oxygen atoms in total. The molecule has 2 N–H and O–H groups in total. The molecule has 0 fully saturated rings. The molecule has 0 aliphatic carbocycles. The lowest BCUT2D eigenvalue weighted by Crippen LogP contribution is -2.30. The molecule has 3 heterocycles. The third kappa shape index (κ3) is 2.98. The number of thiophene rings is 1. The minimum atomic E-state index is -1.10. The van der Waals surface area contributed by atoms with Crippen molar-refractivity contribution in [1.29, 1.82) is 0 Å².